The van der Waals surface area contributed by atoms with Crippen molar-refractivity contribution in [3.63, 3.8) is 0 Å². The van der Waals surface area contributed by atoms with Crippen LogP contribution >= 0.6 is 0 Å². The van der Waals surface area contributed by atoms with Crippen LogP contribution in [0.25, 0.3) is 10.9 Å². The summed E-state index contributed by atoms with van der Waals surface area (Å²) in [4.78, 5) is 19.8. The van der Waals surface area contributed by atoms with Gasteiger partial charge in [0, 0.05) is 43.7 Å². The fourth-order valence-corrected chi connectivity index (χ4v) is 5.72. The van der Waals surface area contributed by atoms with Gasteiger partial charge in [0.2, 0.25) is 5.91 Å². The van der Waals surface area contributed by atoms with Crippen molar-refractivity contribution in [3.05, 3.63) is 100 Å². The first-order valence-electron chi connectivity index (χ1n) is 14.4. The largest absolute Gasteiger partial charge is 0.488 e. The van der Waals surface area contributed by atoms with Crippen molar-refractivity contribution in [2.24, 2.45) is 5.92 Å². The van der Waals surface area contributed by atoms with Crippen LogP contribution in [0.2, 0.25) is 0 Å². The van der Waals surface area contributed by atoms with Crippen LogP contribution in [-0.4, -0.2) is 35.5 Å². The molecule has 0 unspecified atom stereocenters. The number of pyridine rings is 1. The molecule has 2 aliphatic rings. The van der Waals surface area contributed by atoms with Crippen LogP contribution in [-0.2, 0) is 35.7 Å². The molecular formula is C34H35FN2O4. The molecule has 41 heavy (non-hydrogen) atoms. The van der Waals surface area contributed by atoms with Crippen molar-refractivity contribution in [1.82, 2.24) is 9.88 Å². The molecule has 0 atom stereocenters. The summed E-state index contributed by atoms with van der Waals surface area (Å²) in [6.07, 6.45) is 3.37. The molecule has 3 aromatic carbocycles. The summed E-state index contributed by atoms with van der Waals surface area (Å²) < 4.78 is 32.1. The second-order valence-corrected chi connectivity index (χ2v) is 11.0. The van der Waals surface area contributed by atoms with Gasteiger partial charge in [-0.15, -0.1) is 0 Å². The van der Waals surface area contributed by atoms with Gasteiger partial charge in [0.1, 0.15) is 30.5 Å². The zero-order chi connectivity index (χ0) is 28.2. The topological polar surface area (TPSA) is 60.9 Å². The lowest BCUT2D eigenvalue weighted by molar-refractivity contribution is -0.133. The van der Waals surface area contributed by atoms with E-state index in [1.807, 2.05) is 54.3 Å². The molecule has 1 aromatic heterocycles. The van der Waals surface area contributed by atoms with Gasteiger partial charge in [-0.25, -0.2) is 9.37 Å². The molecular weight excluding hydrogens is 519 g/mol. The molecule has 0 radical (unpaired) electrons. The molecule has 212 valence electrons. The van der Waals surface area contributed by atoms with Gasteiger partial charge in [0.25, 0.3) is 0 Å². The Balaban J connectivity index is 1.17. The predicted octanol–water partition coefficient (Wildman–Crippen LogP) is 6.54. The summed E-state index contributed by atoms with van der Waals surface area (Å²) in [6.45, 7) is 5.41. The number of benzene rings is 3. The quantitative estimate of drug-likeness (QED) is 0.248. The summed E-state index contributed by atoms with van der Waals surface area (Å²) >= 11 is 0. The zero-order valence-corrected chi connectivity index (χ0v) is 23.4. The molecule has 2 aliphatic heterocycles. The maximum atomic E-state index is 14.2. The molecule has 6 nitrogen and oxygen atoms in total. The Hall–Kier alpha value is -3.97. The van der Waals surface area contributed by atoms with E-state index in [1.165, 1.54) is 17.7 Å². The van der Waals surface area contributed by atoms with E-state index in [9.17, 15) is 9.18 Å². The molecule has 0 N–H and O–H groups in total. The van der Waals surface area contributed by atoms with Crippen molar-refractivity contribution in [3.8, 4) is 11.5 Å². The summed E-state index contributed by atoms with van der Waals surface area (Å²) in [5, 5.41) is 0.640. The van der Waals surface area contributed by atoms with E-state index in [2.05, 4.69) is 6.07 Å². The SMILES string of the molecule is Cc1c(COc2ccc3c(c2)CN(C(=O)CC2CCOCC2)CC3)nc2ccc(F)cc2c1OCc1ccccc1. The van der Waals surface area contributed by atoms with Gasteiger partial charge in [-0.1, -0.05) is 36.4 Å². The molecule has 4 aromatic rings. The minimum Gasteiger partial charge on any atom is -0.488 e. The van der Waals surface area contributed by atoms with Gasteiger partial charge in [0.15, 0.2) is 0 Å². The number of hydrogen-bond donors (Lipinski definition) is 0. The normalized spacial score (nSPS) is 15.5. The summed E-state index contributed by atoms with van der Waals surface area (Å²) in [5.41, 5.74) is 5.62. The minimum atomic E-state index is -0.332. The predicted molar refractivity (Wildman–Crippen MR) is 155 cm³/mol. The molecule has 1 amide bonds. The third kappa shape index (κ3) is 6.35. The third-order valence-corrected chi connectivity index (χ3v) is 8.18. The monoisotopic (exact) mass is 554 g/mol. The highest BCUT2D eigenvalue weighted by Crippen LogP contribution is 2.33. The lowest BCUT2D eigenvalue weighted by Gasteiger charge is -2.31. The van der Waals surface area contributed by atoms with E-state index in [0.29, 0.717) is 42.1 Å². The Bertz CT molecular complexity index is 1540. The summed E-state index contributed by atoms with van der Waals surface area (Å²) in [6, 6.07) is 20.6. The maximum absolute atomic E-state index is 14.2. The standard InChI is InChI=1S/C34H35FN2O4/c1-23-32(36-31-10-8-28(35)19-30(31)34(23)41-21-25-5-3-2-4-6-25)22-40-29-9-7-26-11-14-37(20-27(26)18-29)33(38)17-24-12-15-39-16-13-24/h2-10,18-19,24H,11-17,20-22H2,1H3. The Morgan fingerprint density at radius 1 is 1.00 bits per heavy atom. The van der Waals surface area contributed by atoms with Gasteiger partial charge < -0.3 is 19.1 Å². The van der Waals surface area contributed by atoms with Gasteiger partial charge in [-0.3, -0.25) is 4.79 Å². The molecule has 1 saturated heterocycles. The lowest BCUT2D eigenvalue weighted by Crippen LogP contribution is -2.37. The summed E-state index contributed by atoms with van der Waals surface area (Å²) in [5.74, 6) is 1.66. The van der Waals surface area contributed by atoms with Crippen molar-refractivity contribution in [2.45, 2.75) is 52.4 Å². The first-order valence-corrected chi connectivity index (χ1v) is 14.4. The van der Waals surface area contributed by atoms with Gasteiger partial charge in [-0.2, -0.15) is 0 Å². The first-order chi connectivity index (χ1) is 20.0. The zero-order valence-electron chi connectivity index (χ0n) is 23.4. The van der Waals surface area contributed by atoms with Crippen LogP contribution in [0.1, 0.15) is 47.2 Å². The Labute approximate surface area is 240 Å². The molecule has 0 spiro atoms. The average molecular weight is 555 g/mol. The van der Waals surface area contributed by atoms with Crippen LogP contribution in [0.5, 0.6) is 11.5 Å². The van der Waals surface area contributed by atoms with E-state index < -0.39 is 0 Å². The van der Waals surface area contributed by atoms with E-state index in [-0.39, 0.29) is 18.3 Å². The van der Waals surface area contributed by atoms with E-state index in [1.54, 1.807) is 6.07 Å². The van der Waals surface area contributed by atoms with Crippen LogP contribution in [0.4, 0.5) is 4.39 Å². The Kier molecular flexibility index (Phi) is 8.14. The first kappa shape index (κ1) is 27.2. The molecule has 7 heteroatoms. The summed E-state index contributed by atoms with van der Waals surface area (Å²) in [7, 11) is 0. The average Bonchev–Trinajstić information content (AvgIpc) is 3.00. The van der Waals surface area contributed by atoms with Gasteiger partial charge in [-0.05, 0) is 79.1 Å². The number of hydrogen-bond acceptors (Lipinski definition) is 5. The van der Waals surface area contributed by atoms with E-state index >= 15 is 0 Å². The molecule has 0 aliphatic carbocycles. The second-order valence-electron chi connectivity index (χ2n) is 11.0. The minimum absolute atomic E-state index is 0.226. The molecule has 3 heterocycles. The van der Waals surface area contributed by atoms with E-state index in [0.717, 1.165) is 67.2 Å². The van der Waals surface area contributed by atoms with E-state index in [4.69, 9.17) is 19.2 Å². The third-order valence-electron chi connectivity index (χ3n) is 8.18. The Morgan fingerprint density at radius 3 is 2.66 bits per heavy atom. The highest BCUT2D eigenvalue weighted by atomic mass is 19.1. The maximum Gasteiger partial charge on any atom is 0.223 e. The van der Waals surface area contributed by atoms with Crippen molar-refractivity contribution >= 4 is 16.8 Å². The number of nitrogens with zero attached hydrogens (tertiary/aromatic N) is 2. The highest BCUT2D eigenvalue weighted by molar-refractivity contribution is 5.86. The number of carbonyl (C=O) groups is 1. The number of amides is 1. The van der Waals surface area contributed by atoms with Crippen molar-refractivity contribution in [2.75, 3.05) is 19.8 Å². The number of ether oxygens (including phenoxy) is 3. The number of carbonyl (C=O) groups excluding carboxylic acids is 1. The van der Waals surface area contributed by atoms with Gasteiger partial charge >= 0.3 is 0 Å². The Morgan fingerprint density at radius 2 is 1.83 bits per heavy atom. The number of fused-ring (bicyclic) bond motifs is 2. The molecule has 0 saturated carbocycles. The van der Waals surface area contributed by atoms with Crippen molar-refractivity contribution < 1.29 is 23.4 Å². The lowest BCUT2D eigenvalue weighted by atomic mass is 9.94. The van der Waals surface area contributed by atoms with Crippen molar-refractivity contribution in [1.29, 1.82) is 0 Å². The van der Waals surface area contributed by atoms with Crippen LogP contribution < -0.4 is 9.47 Å². The fraction of sp³-hybridized carbons (Fsp3) is 0.353. The molecule has 0 bridgehead atoms. The van der Waals surface area contributed by atoms with Gasteiger partial charge in [0.05, 0.1) is 11.2 Å². The number of aromatic nitrogens is 1. The molecule has 1 fully saturated rings. The van der Waals surface area contributed by atoms with Crippen LogP contribution in [0, 0.1) is 18.7 Å². The highest BCUT2D eigenvalue weighted by Gasteiger charge is 2.25. The second kappa shape index (κ2) is 12.3. The number of rotatable bonds is 8. The number of halogens is 1. The molecule has 6 rings (SSSR count). The smallest absolute Gasteiger partial charge is 0.223 e. The van der Waals surface area contributed by atoms with Crippen LogP contribution in [0.3, 0.4) is 0 Å². The fourth-order valence-electron chi connectivity index (χ4n) is 5.72. The van der Waals surface area contributed by atoms with Crippen LogP contribution in [0.15, 0.2) is 66.7 Å².